The second kappa shape index (κ2) is 7.38. The first-order valence-electron chi connectivity index (χ1n) is 7.07. The third kappa shape index (κ3) is 4.05. The number of aromatic nitrogens is 1. The van der Waals surface area contributed by atoms with Gasteiger partial charge < -0.3 is 15.2 Å². The molecule has 1 heterocycles. The Morgan fingerprint density at radius 2 is 2.23 bits per heavy atom. The zero-order chi connectivity index (χ0) is 16.1. The van der Waals surface area contributed by atoms with Gasteiger partial charge in [0, 0.05) is 12.5 Å². The second-order valence-corrected chi connectivity index (χ2v) is 6.28. The second-order valence-electron chi connectivity index (χ2n) is 5.22. The molecular formula is C16H20N2O3S. The Kier molecular flexibility index (Phi) is 5.51. The maximum Gasteiger partial charge on any atom is 0.263 e. The summed E-state index contributed by atoms with van der Waals surface area (Å²) in [6, 6.07) is 7.15. The van der Waals surface area contributed by atoms with E-state index in [2.05, 4.69) is 10.3 Å². The number of thiazole rings is 1. The van der Waals surface area contributed by atoms with Gasteiger partial charge in [-0.1, -0.05) is 26.0 Å². The van der Waals surface area contributed by atoms with E-state index in [4.69, 9.17) is 4.74 Å². The summed E-state index contributed by atoms with van der Waals surface area (Å²) in [7, 11) is 1.57. The highest BCUT2D eigenvalue weighted by Crippen LogP contribution is 2.21. The predicted molar refractivity (Wildman–Crippen MR) is 86.5 cm³/mol. The van der Waals surface area contributed by atoms with Crippen molar-refractivity contribution in [2.24, 2.45) is 0 Å². The van der Waals surface area contributed by atoms with Crippen LogP contribution >= 0.6 is 11.3 Å². The zero-order valence-electron chi connectivity index (χ0n) is 12.9. The van der Waals surface area contributed by atoms with E-state index in [0.717, 1.165) is 5.01 Å². The van der Waals surface area contributed by atoms with Crippen molar-refractivity contribution in [2.45, 2.75) is 25.9 Å². The predicted octanol–water partition coefficient (Wildman–Crippen LogP) is 2.74. The van der Waals surface area contributed by atoms with Crippen LogP contribution in [0.15, 0.2) is 30.5 Å². The van der Waals surface area contributed by atoms with Crippen molar-refractivity contribution < 1.29 is 14.6 Å². The van der Waals surface area contributed by atoms with Crippen LogP contribution in [0, 0.1) is 0 Å². The summed E-state index contributed by atoms with van der Waals surface area (Å²) in [5.74, 6) is 0.757. The van der Waals surface area contributed by atoms with E-state index in [0.29, 0.717) is 22.1 Å². The molecule has 0 bridgehead atoms. The van der Waals surface area contributed by atoms with Crippen LogP contribution in [0.3, 0.4) is 0 Å². The highest BCUT2D eigenvalue weighted by atomic mass is 32.1. The van der Waals surface area contributed by atoms with E-state index in [-0.39, 0.29) is 12.5 Å². The summed E-state index contributed by atoms with van der Waals surface area (Å²) in [6.07, 6.45) is 0.796. The number of amides is 1. The molecule has 0 spiro atoms. The average molecular weight is 320 g/mol. The maximum atomic E-state index is 12.1. The number of hydrogen-bond donors (Lipinski definition) is 2. The topological polar surface area (TPSA) is 71.5 Å². The van der Waals surface area contributed by atoms with Gasteiger partial charge in [0.05, 0.1) is 24.4 Å². The summed E-state index contributed by atoms with van der Waals surface area (Å²) in [6.45, 7) is 4.21. The molecule has 0 radical (unpaired) electrons. The summed E-state index contributed by atoms with van der Waals surface area (Å²) in [5, 5.41) is 13.8. The quantitative estimate of drug-likeness (QED) is 0.858. The number of benzene rings is 1. The third-order valence-electron chi connectivity index (χ3n) is 3.18. The molecule has 2 rings (SSSR count). The summed E-state index contributed by atoms with van der Waals surface area (Å²) in [5.41, 5.74) is 0.701. The van der Waals surface area contributed by atoms with Gasteiger partial charge in [-0.15, -0.1) is 11.3 Å². The van der Waals surface area contributed by atoms with Crippen LogP contribution in [0.1, 0.15) is 46.1 Å². The van der Waals surface area contributed by atoms with E-state index in [1.165, 1.54) is 11.3 Å². The summed E-state index contributed by atoms with van der Waals surface area (Å²) in [4.78, 5) is 16.8. The van der Waals surface area contributed by atoms with Crippen molar-refractivity contribution in [3.05, 3.63) is 45.9 Å². The molecule has 0 aliphatic rings. The fraction of sp³-hybridized carbons (Fsp3) is 0.375. The lowest BCUT2D eigenvalue weighted by Crippen LogP contribution is -2.27. The molecule has 1 unspecified atom stereocenters. The summed E-state index contributed by atoms with van der Waals surface area (Å²) >= 11 is 1.38. The fourth-order valence-corrected chi connectivity index (χ4v) is 2.74. The van der Waals surface area contributed by atoms with Gasteiger partial charge >= 0.3 is 0 Å². The number of ether oxygens (including phenoxy) is 1. The number of hydrogen-bond acceptors (Lipinski definition) is 5. The minimum atomic E-state index is -0.781. The van der Waals surface area contributed by atoms with Crippen molar-refractivity contribution >= 4 is 17.2 Å². The molecule has 22 heavy (non-hydrogen) atoms. The molecular weight excluding hydrogens is 300 g/mol. The van der Waals surface area contributed by atoms with Gasteiger partial charge in [0.1, 0.15) is 10.6 Å². The van der Waals surface area contributed by atoms with Crippen LogP contribution in [-0.2, 0) is 0 Å². The van der Waals surface area contributed by atoms with Crippen molar-refractivity contribution in [2.75, 3.05) is 13.7 Å². The normalized spacial score (nSPS) is 12.2. The van der Waals surface area contributed by atoms with Gasteiger partial charge in [-0.3, -0.25) is 4.79 Å². The minimum absolute atomic E-state index is 0.140. The zero-order valence-corrected chi connectivity index (χ0v) is 13.7. The Hall–Kier alpha value is -1.92. The number of nitrogens with zero attached hydrogens (tertiary/aromatic N) is 1. The van der Waals surface area contributed by atoms with Gasteiger partial charge in [-0.25, -0.2) is 4.98 Å². The highest BCUT2D eigenvalue weighted by Gasteiger charge is 2.14. The lowest BCUT2D eigenvalue weighted by atomic mass is 10.1. The number of carbonyl (C=O) groups excluding carboxylic acids is 1. The van der Waals surface area contributed by atoms with E-state index in [9.17, 15) is 9.90 Å². The third-order valence-corrected chi connectivity index (χ3v) is 4.47. The van der Waals surface area contributed by atoms with Gasteiger partial charge in [0.25, 0.3) is 5.91 Å². The molecule has 1 aromatic carbocycles. The molecule has 0 aliphatic heterocycles. The van der Waals surface area contributed by atoms with Crippen LogP contribution in [0.25, 0.3) is 0 Å². The highest BCUT2D eigenvalue weighted by molar-refractivity contribution is 7.13. The van der Waals surface area contributed by atoms with Crippen LogP contribution in [0.4, 0.5) is 0 Å². The van der Waals surface area contributed by atoms with Crippen LogP contribution in [0.5, 0.6) is 5.75 Å². The van der Waals surface area contributed by atoms with E-state index >= 15 is 0 Å². The van der Waals surface area contributed by atoms with Crippen molar-refractivity contribution in [3.8, 4) is 5.75 Å². The number of aliphatic hydroxyl groups is 1. The maximum absolute atomic E-state index is 12.1. The van der Waals surface area contributed by atoms with Crippen LogP contribution in [-0.4, -0.2) is 29.7 Å². The lowest BCUT2D eigenvalue weighted by molar-refractivity contribution is 0.0920. The van der Waals surface area contributed by atoms with E-state index in [1.54, 1.807) is 37.6 Å². The summed E-state index contributed by atoms with van der Waals surface area (Å²) < 4.78 is 5.12. The fourth-order valence-electron chi connectivity index (χ4n) is 1.90. The van der Waals surface area contributed by atoms with Gasteiger partial charge in [0.15, 0.2) is 0 Å². The molecule has 2 aromatic rings. The first kappa shape index (κ1) is 16.5. The Morgan fingerprint density at radius 1 is 1.45 bits per heavy atom. The van der Waals surface area contributed by atoms with Crippen LogP contribution in [0.2, 0.25) is 0 Å². The number of rotatable bonds is 6. The Bertz CT molecular complexity index is 640. The molecule has 118 valence electrons. The number of nitrogens with one attached hydrogen (secondary N) is 1. The van der Waals surface area contributed by atoms with E-state index < -0.39 is 6.10 Å². The smallest absolute Gasteiger partial charge is 0.263 e. The molecule has 0 aliphatic carbocycles. The Morgan fingerprint density at radius 3 is 2.86 bits per heavy atom. The Labute approximate surface area is 134 Å². The molecule has 0 saturated carbocycles. The Balaban J connectivity index is 1.94. The van der Waals surface area contributed by atoms with Crippen molar-refractivity contribution in [1.82, 2.24) is 10.3 Å². The standard InChI is InChI=1S/C16H20N2O3S/c1-10(2)16-18-9-14(22-16)15(20)17-8-13(19)11-5-4-6-12(7-11)21-3/h4-7,9-10,13,19H,8H2,1-3H3,(H,17,20). The SMILES string of the molecule is COc1cccc(C(O)CNC(=O)c2cnc(C(C)C)s2)c1. The molecule has 0 saturated heterocycles. The number of methoxy groups -OCH3 is 1. The van der Waals surface area contributed by atoms with Gasteiger partial charge in [-0.2, -0.15) is 0 Å². The van der Waals surface area contributed by atoms with Crippen LogP contribution < -0.4 is 10.1 Å². The molecule has 1 amide bonds. The molecule has 1 aromatic heterocycles. The molecule has 1 atom stereocenters. The molecule has 6 heteroatoms. The van der Waals surface area contributed by atoms with Crippen molar-refractivity contribution in [1.29, 1.82) is 0 Å². The number of carbonyl (C=O) groups is 1. The first-order valence-corrected chi connectivity index (χ1v) is 7.89. The molecule has 2 N–H and O–H groups in total. The minimum Gasteiger partial charge on any atom is -0.497 e. The lowest BCUT2D eigenvalue weighted by Gasteiger charge is -2.12. The average Bonchev–Trinajstić information content (AvgIpc) is 3.02. The first-order chi connectivity index (χ1) is 10.5. The number of aliphatic hydroxyl groups excluding tert-OH is 1. The van der Waals surface area contributed by atoms with Gasteiger partial charge in [0.2, 0.25) is 0 Å². The monoisotopic (exact) mass is 320 g/mol. The molecule has 0 fully saturated rings. The van der Waals surface area contributed by atoms with Gasteiger partial charge in [-0.05, 0) is 17.7 Å². The van der Waals surface area contributed by atoms with Crippen molar-refractivity contribution in [3.63, 3.8) is 0 Å². The van der Waals surface area contributed by atoms with E-state index in [1.807, 2.05) is 13.8 Å². The largest absolute Gasteiger partial charge is 0.497 e. The molecule has 5 nitrogen and oxygen atoms in total.